The molecule has 0 radical (unpaired) electrons. The summed E-state index contributed by atoms with van der Waals surface area (Å²) in [4.78, 5) is 5.92. The van der Waals surface area contributed by atoms with Gasteiger partial charge in [0.2, 0.25) is 0 Å². The topological polar surface area (TPSA) is 78.9 Å². The van der Waals surface area contributed by atoms with E-state index >= 15 is 0 Å². The highest BCUT2D eigenvalue weighted by atomic mass is 35.5. The minimum absolute atomic E-state index is 0.525. The molecule has 1 aromatic heterocycles. The molecule has 2 aromatic carbocycles. The molecule has 0 fully saturated rings. The maximum atomic E-state index is 8.68. The molecule has 0 unspecified atom stereocenters. The summed E-state index contributed by atoms with van der Waals surface area (Å²) in [5.74, 6) is 0. The van der Waals surface area contributed by atoms with Gasteiger partial charge in [-0.25, -0.2) is 4.99 Å². The standard InChI is InChI=1S/C15H11ClN6S/c1-23-15(18-9-17)19-11-4-7-13-14(8-11)21-22(20-13)12-5-2-10(16)3-6-12/h2-8H,1H3,(H,18,19). The average Bonchev–Trinajstić information content (AvgIpc) is 2.98. The smallest absolute Gasteiger partial charge is 0.183 e. The Morgan fingerprint density at radius 2 is 1.96 bits per heavy atom. The molecule has 0 aliphatic rings. The van der Waals surface area contributed by atoms with Crippen LogP contribution in [0.15, 0.2) is 47.5 Å². The fourth-order valence-electron chi connectivity index (χ4n) is 1.95. The lowest BCUT2D eigenvalue weighted by molar-refractivity contribution is 0.766. The van der Waals surface area contributed by atoms with Crippen LogP contribution >= 0.6 is 23.4 Å². The summed E-state index contributed by atoms with van der Waals surface area (Å²) in [6, 6.07) is 12.8. The van der Waals surface area contributed by atoms with Crippen molar-refractivity contribution in [2.75, 3.05) is 6.26 Å². The summed E-state index contributed by atoms with van der Waals surface area (Å²) in [5.41, 5.74) is 3.01. The molecule has 1 N–H and O–H groups in total. The third-order valence-corrected chi connectivity index (χ3v) is 3.84. The Labute approximate surface area is 141 Å². The summed E-state index contributed by atoms with van der Waals surface area (Å²) >= 11 is 7.25. The number of rotatable bonds is 2. The van der Waals surface area contributed by atoms with Crippen LogP contribution in [0.3, 0.4) is 0 Å². The molecule has 0 saturated carbocycles. The number of hydrogen-bond donors (Lipinski definition) is 1. The zero-order valence-electron chi connectivity index (χ0n) is 12.1. The maximum Gasteiger partial charge on any atom is 0.183 e. The predicted molar refractivity (Wildman–Crippen MR) is 93.2 cm³/mol. The van der Waals surface area contributed by atoms with E-state index in [9.17, 15) is 0 Å². The van der Waals surface area contributed by atoms with Crippen LogP contribution < -0.4 is 5.32 Å². The summed E-state index contributed by atoms with van der Waals surface area (Å²) in [6.07, 6.45) is 3.71. The number of benzene rings is 2. The van der Waals surface area contributed by atoms with Crippen LogP contribution in [-0.2, 0) is 0 Å². The molecule has 0 bridgehead atoms. The van der Waals surface area contributed by atoms with Crippen molar-refractivity contribution in [3.63, 3.8) is 0 Å². The Bertz CT molecular complexity index is 910. The number of nitriles is 1. The number of amidine groups is 1. The summed E-state index contributed by atoms with van der Waals surface area (Å²) in [5, 5.41) is 21.3. The van der Waals surface area contributed by atoms with Crippen LogP contribution in [0, 0.1) is 11.5 Å². The summed E-state index contributed by atoms with van der Waals surface area (Å²) in [6.45, 7) is 0. The van der Waals surface area contributed by atoms with Gasteiger partial charge in [-0.05, 0) is 48.7 Å². The van der Waals surface area contributed by atoms with Crippen molar-refractivity contribution in [1.29, 1.82) is 5.26 Å². The Hall–Kier alpha value is -2.56. The maximum absolute atomic E-state index is 8.68. The molecule has 0 saturated heterocycles. The summed E-state index contributed by atoms with van der Waals surface area (Å²) < 4.78 is 0. The molecule has 0 amide bonds. The molecule has 6 nitrogen and oxygen atoms in total. The van der Waals surface area contributed by atoms with Crippen molar-refractivity contribution >= 4 is 45.3 Å². The van der Waals surface area contributed by atoms with E-state index in [0.29, 0.717) is 15.9 Å². The zero-order chi connectivity index (χ0) is 16.2. The fraction of sp³-hybridized carbons (Fsp3) is 0.0667. The molecule has 0 aliphatic heterocycles. The minimum Gasteiger partial charge on any atom is -0.271 e. The Balaban J connectivity index is 1.98. The number of halogens is 1. The van der Waals surface area contributed by atoms with E-state index in [2.05, 4.69) is 20.5 Å². The molecular weight excluding hydrogens is 332 g/mol. The third-order valence-electron chi connectivity index (χ3n) is 3.01. The van der Waals surface area contributed by atoms with E-state index in [4.69, 9.17) is 16.9 Å². The van der Waals surface area contributed by atoms with Crippen LogP contribution in [0.1, 0.15) is 0 Å². The van der Waals surface area contributed by atoms with Crippen LogP contribution in [0.4, 0.5) is 5.69 Å². The molecule has 1 heterocycles. The Kier molecular flexibility index (Phi) is 4.46. The Morgan fingerprint density at radius 3 is 2.65 bits per heavy atom. The van der Waals surface area contributed by atoms with Gasteiger partial charge >= 0.3 is 0 Å². The second-order valence-corrected chi connectivity index (χ2v) is 5.73. The van der Waals surface area contributed by atoms with Crippen molar-refractivity contribution in [3.8, 4) is 11.9 Å². The normalized spacial score (nSPS) is 11.4. The number of hydrogen-bond acceptors (Lipinski definition) is 5. The van der Waals surface area contributed by atoms with E-state index in [1.165, 1.54) is 11.8 Å². The first-order valence-corrected chi connectivity index (χ1v) is 8.21. The van der Waals surface area contributed by atoms with Crippen molar-refractivity contribution in [2.24, 2.45) is 4.99 Å². The van der Waals surface area contributed by atoms with Gasteiger partial charge in [-0.2, -0.15) is 10.1 Å². The van der Waals surface area contributed by atoms with Crippen molar-refractivity contribution in [1.82, 2.24) is 20.3 Å². The number of nitrogens with one attached hydrogen (secondary N) is 1. The highest BCUT2D eigenvalue weighted by Crippen LogP contribution is 2.21. The lowest BCUT2D eigenvalue weighted by Gasteiger charge is -1.98. The van der Waals surface area contributed by atoms with Crippen LogP contribution in [0.25, 0.3) is 16.7 Å². The van der Waals surface area contributed by atoms with Gasteiger partial charge in [0.05, 0.1) is 11.4 Å². The Morgan fingerprint density at radius 1 is 1.22 bits per heavy atom. The van der Waals surface area contributed by atoms with Gasteiger partial charge in [-0.1, -0.05) is 23.4 Å². The number of aliphatic imine (C=N–C) groups is 1. The highest BCUT2D eigenvalue weighted by molar-refractivity contribution is 8.13. The predicted octanol–water partition coefficient (Wildman–Crippen LogP) is 3.50. The van der Waals surface area contributed by atoms with Crippen LogP contribution in [0.2, 0.25) is 5.02 Å². The number of thioether (sulfide) groups is 1. The van der Waals surface area contributed by atoms with Crippen molar-refractivity contribution < 1.29 is 0 Å². The van der Waals surface area contributed by atoms with Gasteiger partial charge in [0.25, 0.3) is 0 Å². The minimum atomic E-state index is 0.525. The first-order valence-electron chi connectivity index (χ1n) is 6.60. The first kappa shape index (κ1) is 15.3. The van der Waals surface area contributed by atoms with Gasteiger partial charge in [-0.3, -0.25) is 5.32 Å². The van der Waals surface area contributed by atoms with Gasteiger partial charge < -0.3 is 0 Å². The van der Waals surface area contributed by atoms with E-state index in [-0.39, 0.29) is 0 Å². The molecule has 8 heteroatoms. The second-order valence-electron chi connectivity index (χ2n) is 4.50. The van der Waals surface area contributed by atoms with E-state index in [1.807, 2.05) is 42.8 Å². The number of nitrogens with zero attached hydrogens (tertiary/aromatic N) is 5. The largest absolute Gasteiger partial charge is 0.271 e. The van der Waals surface area contributed by atoms with E-state index in [0.717, 1.165) is 16.7 Å². The number of aromatic nitrogens is 3. The molecule has 3 rings (SSSR count). The van der Waals surface area contributed by atoms with Crippen LogP contribution in [-0.4, -0.2) is 26.4 Å². The molecule has 0 atom stereocenters. The molecule has 0 aliphatic carbocycles. The lowest BCUT2D eigenvalue weighted by Crippen LogP contribution is -2.12. The highest BCUT2D eigenvalue weighted by Gasteiger charge is 2.06. The third kappa shape index (κ3) is 3.44. The first-order chi connectivity index (χ1) is 11.2. The van der Waals surface area contributed by atoms with E-state index < -0.39 is 0 Å². The quantitative estimate of drug-likeness (QED) is 0.334. The SMILES string of the molecule is CSC(=Nc1ccc2nn(-c3ccc(Cl)cc3)nc2c1)NC#N. The molecule has 0 spiro atoms. The van der Waals surface area contributed by atoms with Gasteiger partial charge in [0.15, 0.2) is 11.4 Å². The number of fused-ring (bicyclic) bond motifs is 1. The van der Waals surface area contributed by atoms with Gasteiger partial charge in [0, 0.05) is 5.02 Å². The fourth-order valence-corrected chi connectivity index (χ4v) is 2.42. The lowest BCUT2D eigenvalue weighted by atomic mass is 10.3. The van der Waals surface area contributed by atoms with Gasteiger partial charge in [-0.15, -0.1) is 10.2 Å². The monoisotopic (exact) mass is 342 g/mol. The molecule has 23 heavy (non-hydrogen) atoms. The molecule has 3 aromatic rings. The average molecular weight is 343 g/mol. The summed E-state index contributed by atoms with van der Waals surface area (Å²) in [7, 11) is 0. The van der Waals surface area contributed by atoms with Crippen LogP contribution in [0.5, 0.6) is 0 Å². The molecule has 114 valence electrons. The van der Waals surface area contributed by atoms with Gasteiger partial charge in [0.1, 0.15) is 11.0 Å². The zero-order valence-corrected chi connectivity index (χ0v) is 13.6. The van der Waals surface area contributed by atoms with Crippen molar-refractivity contribution in [3.05, 3.63) is 47.5 Å². The second kappa shape index (κ2) is 6.69. The molecular formula is C15H11ClN6S. The van der Waals surface area contributed by atoms with Crippen molar-refractivity contribution in [2.45, 2.75) is 0 Å². The van der Waals surface area contributed by atoms with E-state index in [1.54, 1.807) is 16.9 Å².